The van der Waals surface area contributed by atoms with Crippen molar-refractivity contribution in [2.24, 2.45) is 11.7 Å². The molecular formula is C7H16N2O2. The van der Waals surface area contributed by atoms with Gasteiger partial charge in [0.2, 0.25) is 0 Å². The average molecular weight is 160 g/mol. The van der Waals surface area contributed by atoms with Gasteiger partial charge in [0.05, 0.1) is 7.11 Å². The smallest absolute Gasteiger partial charge is 0.105 e. The van der Waals surface area contributed by atoms with Crippen molar-refractivity contribution in [3.63, 3.8) is 0 Å². The van der Waals surface area contributed by atoms with Crippen molar-refractivity contribution in [2.45, 2.75) is 19.1 Å². The summed E-state index contributed by atoms with van der Waals surface area (Å²) in [5.41, 5.74) is 5.35. The second-order valence-electron chi connectivity index (χ2n) is 2.94. The summed E-state index contributed by atoms with van der Waals surface area (Å²) in [7, 11) is 1.67. The van der Waals surface area contributed by atoms with E-state index in [2.05, 4.69) is 0 Å². The fraction of sp³-hybridized carbons (Fsp3) is 1.00. The number of piperidine rings is 1. The van der Waals surface area contributed by atoms with E-state index in [4.69, 9.17) is 15.7 Å². The van der Waals surface area contributed by atoms with Gasteiger partial charge in [0, 0.05) is 19.0 Å². The Balaban J connectivity index is 2.24. The fourth-order valence-corrected chi connectivity index (χ4v) is 1.40. The predicted octanol–water partition coefficient (Wildman–Crippen LogP) is -0.463. The third-order valence-corrected chi connectivity index (χ3v) is 2.24. The van der Waals surface area contributed by atoms with Crippen molar-refractivity contribution in [1.29, 1.82) is 0 Å². The molecule has 4 nitrogen and oxygen atoms in total. The van der Waals surface area contributed by atoms with Gasteiger partial charge in [-0.1, -0.05) is 0 Å². The Morgan fingerprint density at radius 2 is 2.09 bits per heavy atom. The molecular weight excluding hydrogens is 144 g/mol. The van der Waals surface area contributed by atoms with Crippen LogP contribution in [-0.4, -0.2) is 36.6 Å². The molecule has 1 fully saturated rings. The lowest BCUT2D eigenvalue weighted by atomic mass is 9.96. The molecule has 1 atom stereocenters. The van der Waals surface area contributed by atoms with Gasteiger partial charge in [0.1, 0.15) is 6.23 Å². The maximum atomic E-state index is 9.05. The number of aliphatic hydroxyl groups is 1. The summed E-state index contributed by atoms with van der Waals surface area (Å²) in [5, 5.41) is 10.9. The predicted molar refractivity (Wildman–Crippen MR) is 41.5 cm³/mol. The summed E-state index contributed by atoms with van der Waals surface area (Å²) in [6.07, 6.45) is 1.19. The Morgan fingerprint density at radius 3 is 2.45 bits per heavy atom. The quantitative estimate of drug-likeness (QED) is 0.536. The van der Waals surface area contributed by atoms with Crippen LogP contribution in [0.15, 0.2) is 0 Å². The van der Waals surface area contributed by atoms with Crippen LogP contribution < -0.4 is 5.73 Å². The van der Waals surface area contributed by atoms with Gasteiger partial charge in [-0.25, -0.2) is 0 Å². The topological polar surface area (TPSA) is 58.7 Å². The Labute approximate surface area is 66.9 Å². The fourth-order valence-electron chi connectivity index (χ4n) is 1.40. The van der Waals surface area contributed by atoms with E-state index >= 15 is 0 Å². The highest BCUT2D eigenvalue weighted by Crippen LogP contribution is 2.17. The number of hydrogen-bond acceptors (Lipinski definition) is 4. The molecule has 11 heavy (non-hydrogen) atoms. The van der Waals surface area contributed by atoms with Gasteiger partial charge >= 0.3 is 0 Å². The molecule has 0 saturated carbocycles. The van der Waals surface area contributed by atoms with E-state index in [1.54, 1.807) is 7.11 Å². The molecule has 1 aliphatic heterocycles. The summed E-state index contributed by atoms with van der Waals surface area (Å²) in [6.45, 7) is 1.74. The van der Waals surface area contributed by atoms with Crippen molar-refractivity contribution in [1.82, 2.24) is 5.06 Å². The molecule has 4 heteroatoms. The van der Waals surface area contributed by atoms with Gasteiger partial charge in [0.15, 0.2) is 0 Å². The van der Waals surface area contributed by atoms with E-state index in [9.17, 15) is 0 Å². The van der Waals surface area contributed by atoms with Crippen molar-refractivity contribution in [3.05, 3.63) is 0 Å². The highest BCUT2D eigenvalue weighted by molar-refractivity contribution is 4.71. The lowest BCUT2D eigenvalue weighted by molar-refractivity contribution is -0.153. The Morgan fingerprint density at radius 1 is 1.55 bits per heavy atom. The van der Waals surface area contributed by atoms with E-state index in [-0.39, 0.29) is 5.92 Å². The monoisotopic (exact) mass is 160 g/mol. The molecule has 0 amide bonds. The highest BCUT2D eigenvalue weighted by Gasteiger charge is 2.22. The Kier molecular flexibility index (Phi) is 3.26. The third-order valence-electron chi connectivity index (χ3n) is 2.24. The molecule has 0 spiro atoms. The lowest BCUT2D eigenvalue weighted by Gasteiger charge is -2.31. The van der Waals surface area contributed by atoms with E-state index in [1.165, 1.54) is 0 Å². The molecule has 0 aromatic carbocycles. The molecule has 0 aromatic heterocycles. The molecule has 0 bridgehead atoms. The third kappa shape index (κ3) is 2.41. The Hall–Kier alpha value is -0.160. The van der Waals surface area contributed by atoms with Crippen LogP contribution >= 0.6 is 0 Å². The molecule has 3 N–H and O–H groups in total. The van der Waals surface area contributed by atoms with Crippen LogP contribution in [0.2, 0.25) is 0 Å². The summed E-state index contributed by atoms with van der Waals surface area (Å²) >= 11 is 0. The van der Waals surface area contributed by atoms with Gasteiger partial charge in [-0.15, -0.1) is 0 Å². The van der Waals surface area contributed by atoms with Gasteiger partial charge in [-0.05, 0) is 12.8 Å². The molecule has 1 unspecified atom stereocenters. The minimum atomic E-state index is -0.658. The number of nitrogens with zero attached hydrogens (tertiary/aromatic N) is 1. The van der Waals surface area contributed by atoms with Gasteiger partial charge in [0.25, 0.3) is 0 Å². The number of hydroxylamine groups is 2. The minimum absolute atomic E-state index is 0.251. The van der Waals surface area contributed by atoms with Crippen LogP contribution in [0.25, 0.3) is 0 Å². The van der Waals surface area contributed by atoms with E-state index in [0.29, 0.717) is 0 Å². The molecule has 0 aromatic rings. The minimum Gasteiger partial charge on any atom is -0.379 e. The van der Waals surface area contributed by atoms with E-state index in [1.807, 2.05) is 5.06 Å². The zero-order valence-corrected chi connectivity index (χ0v) is 6.86. The molecule has 66 valence electrons. The molecule has 0 radical (unpaired) electrons. The molecule has 1 heterocycles. The van der Waals surface area contributed by atoms with Crippen molar-refractivity contribution >= 4 is 0 Å². The van der Waals surface area contributed by atoms with Crippen LogP contribution in [0, 0.1) is 5.92 Å². The standard InChI is InChI=1S/C7H16N2O2/c1-11-9-4-2-6(3-5-9)7(8)10/h6-7,10H,2-5,8H2,1H3. The van der Waals surface area contributed by atoms with Crippen molar-refractivity contribution in [3.8, 4) is 0 Å². The van der Waals surface area contributed by atoms with E-state index in [0.717, 1.165) is 25.9 Å². The largest absolute Gasteiger partial charge is 0.379 e. The van der Waals surface area contributed by atoms with Crippen molar-refractivity contribution in [2.75, 3.05) is 20.2 Å². The molecule has 1 aliphatic rings. The first-order valence-corrected chi connectivity index (χ1v) is 3.96. The van der Waals surface area contributed by atoms with Crippen LogP contribution in [0.3, 0.4) is 0 Å². The van der Waals surface area contributed by atoms with Crippen molar-refractivity contribution < 1.29 is 9.94 Å². The maximum Gasteiger partial charge on any atom is 0.105 e. The van der Waals surface area contributed by atoms with Crippen LogP contribution in [-0.2, 0) is 4.84 Å². The van der Waals surface area contributed by atoms with Gasteiger partial charge in [-0.3, -0.25) is 0 Å². The first-order valence-electron chi connectivity index (χ1n) is 3.96. The highest BCUT2D eigenvalue weighted by atomic mass is 16.7. The van der Waals surface area contributed by atoms with Crippen LogP contribution in [0.4, 0.5) is 0 Å². The Bertz CT molecular complexity index is 111. The van der Waals surface area contributed by atoms with Crippen LogP contribution in [0.5, 0.6) is 0 Å². The van der Waals surface area contributed by atoms with E-state index < -0.39 is 6.23 Å². The van der Waals surface area contributed by atoms with Gasteiger partial charge in [-0.2, -0.15) is 5.06 Å². The molecule has 1 rings (SSSR count). The summed E-state index contributed by atoms with van der Waals surface area (Å²) < 4.78 is 0. The van der Waals surface area contributed by atoms with Gasteiger partial charge < -0.3 is 15.7 Å². The average Bonchev–Trinajstić information content (AvgIpc) is 2.05. The molecule has 0 aliphatic carbocycles. The SMILES string of the molecule is CON1CCC(C(N)O)CC1. The number of aliphatic hydroxyl groups excluding tert-OH is 1. The zero-order valence-electron chi connectivity index (χ0n) is 6.86. The first-order chi connectivity index (χ1) is 5.24. The first kappa shape index (κ1) is 8.93. The summed E-state index contributed by atoms with van der Waals surface area (Å²) in [6, 6.07) is 0. The summed E-state index contributed by atoms with van der Waals surface area (Å²) in [4.78, 5) is 5.03. The number of rotatable bonds is 2. The molecule has 1 saturated heterocycles. The van der Waals surface area contributed by atoms with Crippen LogP contribution in [0.1, 0.15) is 12.8 Å². The second kappa shape index (κ2) is 4.01. The zero-order chi connectivity index (χ0) is 8.27. The summed E-state index contributed by atoms with van der Waals surface area (Å²) in [5.74, 6) is 0.251. The number of hydrogen-bond donors (Lipinski definition) is 2. The number of nitrogens with two attached hydrogens (primary N) is 1. The lowest BCUT2D eigenvalue weighted by Crippen LogP contribution is -2.40. The maximum absolute atomic E-state index is 9.05. The normalized spacial score (nSPS) is 25.4. The second-order valence-corrected chi connectivity index (χ2v) is 2.94.